The van der Waals surface area contributed by atoms with E-state index in [-0.39, 0.29) is 5.41 Å². The monoisotopic (exact) mass is 491 g/mol. The zero-order valence-corrected chi connectivity index (χ0v) is 21.8. The standard InChI is InChI=1S/C27H34ClN7/c1-27(2)10-13-34(15-14-33(3)4)24-16-19(7-8-21(24)27)32-25-20-9-12-35(17-23(20)30-18-31-25)26-22(28)6-5-11-29-26/h5-8,11,16,18H,9-10,12-15,17H2,1-4H3,(H,30,31,32). The maximum Gasteiger partial charge on any atom is 0.147 e. The summed E-state index contributed by atoms with van der Waals surface area (Å²) in [5.74, 6) is 1.69. The molecule has 184 valence electrons. The molecule has 2 aromatic heterocycles. The Bertz CT molecular complexity index is 1210. The van der Waals surface area contributed by atoms with E-state index in [4.69, 9.17) is 11.6 Å². The predicted molar refractivity (Wildman–Crippen MR) is 144 cm³/mol. The van der Waals surface area contributed by atoms with Crippen molar-refractivity contribution in [1.29, 1.82) is 0 Å². The van der Waals surface area contributed by atoms with Crippen molar-refractivity contribution in [3.63, 3.8) is 0 Å². The molecule has 0 aliphatic carbocycles. The number of pyridine rings is 1. The zero-order chi connectivity index (χ0) is 24.6. The molecule has 5 rings (SSSR count). The van der Waals surface area contributed by atoms with E-state index in [0.29, 0.717) is 11.6 Å². The van der Waals surface area contributed by atoms with E-state index in [2.05, 4.69) is 81.1 Å². The van der Waals surface area contributed by atoms with Gasteiger partial charge in [-0.05, 0) is 62.2 Å². The Kier molecular flexibility index (Phi) is 6.55. The summed E-state index contributed by atoms with van der Waals surface area (Å²) in [6.45, 7) is 9.32. The van der Waals surface area contributed by atoms with Crippen LogP contribution in [0.5, 0.6) is 0 Å². The van der Waals surface area contributed by atoms with Crippen molar-refractivity contribution < 1.29 is 0 Å². The summed E-state index contributed by atoms with van der Waals surface area (Å²) in [5.41, 5.74) is 6.16. The average Bonchev–Trinajstić information content (AvgIpc) is 2.83. The van der Waals surface area contributed by atoms with Crippen molar-refractivity contribution in [2.45, 2.75) is 38.6 Å². The first kappa shape index (κ1) is 23.8. The smallest absolute Gasteiger partial charge is 0.147 e. The van der Waals surface area contributed by atoms with Gasteiger partial charge < -0.3 is 20.0 Å². The highest BCUT2D eigenvalue weighted by molar-refractivity contribution is 6.32. The molecule has 7 nitrogen and oxygen atoms in total. The number of nitrogens with one attached hydrogen (secondary N) is 1. The van der Waals surface area contributed by atoms with Crippen molar-refractivity contribution in [2.75, 3.05) is 55.4 Å². The lowest BCUT2D eigenvalue weighted by atomic mass is 9.77. The zero-order valence-electron chi connectivity index (χ0n) is 21.1. The Morgan fingerprint density at radius 2 is 1.97 bits per heavy atom. The number of aromatic nitrogens is 3. The van der Waals surface area contributed by atoms with Crippen LogP contribution in [0.25, 0.3) is 0 Å². The van der Waals surface area contributed by atoms with Crippen LogP contribution in [0, 0.1) is 0 Å². The second-order valence-electron chi connectivity index (χ2n) is 10.4. The van der Waals surface area contributed by atoms with Gasteiger partial charge in [-0.15, -0.1) is 0 Å². The normalized spacial score (nSPS) is 16.7. The molecule has 1 aromatic carbocycles. The van der Waals surface area contributed by atoms with E-state index in [1.54, 1.807) is 12.5 Å². The molecule has 2 aliphatic heterocycles. The lowest BCUT2D eigenvalue weighted by molar-refractivity contribution is 0.397. The van der Waals surface area contributed by atoms with Crippen molar-refractivity contribution in [3.8, 4) is 0 Å². The molecule has 3 aromatic rings. The van der Waals surface area contributed by atoms with E-state index in [1.807, 2.05) is 12.1 Å². The third-order valence-corrected chi connectivity index (χ3v) is 7.49. The van der Waals surface area contributed by atoms with Crippen LogP contribution in [0.3, 0.4) is 0 Å². The van der Waals surface area contributed by atoms with Crippen molar-refractivity contribution in [1.82, 2.24) is 19.9 Å². The van der Waals surface area contributed by atoms with Gasteiger partial charge in [-0.1, -0.05) is 31.5 Å². The van der Waals surface area contributed by atoms with E-state index >= 15 is 0 Å². The van der Waals surface area contributed by atoms with Gasteiger partial charge in [0.1, 0.15) is 18.0 Å². The molecule has 0 spiro atoms. The first-order valence-electron chi connectivity index (χ1n) is 12.3. The molecule has 0 fully saturated rings. The molecule has 2 aliphatic rings. The number of benzene rings is 1. The number of nitrogens with zero attached hydrogens (tertiary/aromatic N) is 6. The molecular weight excluding hydrogens is 458 g/mol. The van der Waals surface area contributed by atoms with Crippen LogP contribution in [-0.2, 0) is 18.4 Å². The fraction of sp³-hybridized carbons (Fsp3) is 0.444. The summed E-state index contributed by atoms with van der Waals surface area (Å²) in [5, 5.41) is 4.28. The van der Waals surface area contributed by atoms with Crippen LogP contribution >= 0.6 is 11.6 Å². The number of hydrogen-bond donors (Lipinski definition) is 1. The van der Waals surface area contributed by atoms with Gasteiger partial charge in [0.2, 0.25) is 0 Å². The molecule has 0 saturated heterocycles. The minimum atomic E-state index is 0.173. The van der Waals surface area contributed by atoms with Crippen LogP contribution in [0.15, 0.2) is 42.9 Å². The summed E-state index contributed by atoms with van der Waals surface area (Å²) < 4.78 is 0. The number of rotatable bonds is 6. The lowest BCUT2D eigenvalue weighted by Crippen LogP contribution is -2.40. The quantitative estimate of drug-likeness (QED) is 0.527. The van der Waals surface area contributed by atoms with Crippen molar-refractivity contribution in [3.05, 3.63) is 64.7 Å². The van der Waals surface area contributed by atoms with Gasteiger partial charge in [-0.2, -0.15) is 0 Å². The minimum Gasteiger partial charge on any atom is -0.370 e. The fourth-order valence-corrected chi connectivity index (χ4v) is 5.30. The summed E-state index contributed by atoms with van der Waals surface area (Å²) >= 11 is 6.40. The Morgan fingerprint density at radius 3 is 2.77 bits per heavy atom. The molecule has 0 amide bonds. The second kappa shape index (κ2) is 9.63. The van der Waals surface area contributed by atoms with Gasteiger partial charge >= 0.3 is 0 Å². The summed E-state index contributed by atoms with van der Waals surface area (Å²) in [7, 11) is 4.27. The van der Waals surface area contributed by atoms with E-state index in [1.165, 1.54) is 16.8 Å². The minimum absolute atomic E-state index is 0.173. The highest BCUT2D eigenvalue weighted by Gasteiger charge is 2.31. The van der Waals surface area contributed by atoms with Crippen LogP contribution in [0.4, 0.5) is 23.0 Å². The molecule has 1 N–H and O–H groups in total. The highest BCUT2D eigenvalue weighted by Crippen LogP contribution is 2.41. The topological polar surface area (TPSA) is 60.4 Å². The third-order valence-electron chi connectivity index (χ3n) is 7.20. The molecule has 8 heteroatoms. The lowest BCUT2D eigenvalue weighted by Gasteiger charge is -2.41. The van der Waals surface area contributed by atoms with Gasteiger partial charge in [0.15, 0.2) is 0 Å². The largest absolute Gasteiger partial charge is 0.370 e. The molecule has 0 atom stereocenters. The van der Waals surface area contributed by atoms with E-state index in [9.17, 15) is 0 Å². The van der Waals surface area contributed by atoms with Crippen LogP contribution in [0.2, 0.25) is 5.02 Å². The van der Waals surface area contributed by atoms with Crippen LogP contribution < -0.4 is 15.1 Å². The molecule has 0 radical (unpaired) electrons. The first-order valence-corrected chi connectivity index (χ1v) is 12.7. The Hall–Kier alpha value is -2.90. The first-order chi connectivity index (χ1) is 16.8. The van der Waals surface area contributed by atoms with Gasteiger partial charge in [0.05, 0.1) is 17.3 Å². The van der Waals surface area contributed by atoms with Crippen molar-refractivity contribution >= 4 is 34.6 Å². The summed E-state index contributed by atoms with van der Waals surface area (Å²) in [6.07, 6.45) is 5.42. The number of hydrogen-bond acceptors (Lipinski definition) is 7. The molecular formula is C27H34ClN7. The summed E-state index contributed by atoms with van der Waals surface area (Å²) in [6, 6.07) is 10.5. The SMILES string of the molecule is CN(C)CCN1CCC(C)(C)c2ccc(Nc3ncnc4c3CCN(c3ncccc3Cl)C4)cc21. The number of anilines is 4. The van der Waals surface area contributed by atoms with E-state index < -0.39 is 0 Å². The van der Waals surface area contributed by atoms with Crippen LogP contribution in [-0.4, -0.2) is 60.1 Å². The van der Waals surface area contributed by atoms with Gasteiger partial charge in [0, 0.05) is 49.3 Å². The third kappa shape index (κ3) is 4.93. The molecule has 0 saturated carbocycles. The van der Waals surface area contributed by atoms with Gasteiger partial charge in [-0.3, -0.25) is 0 Å². The number of likely N-dealkylation sites (N-methyl/N-ethyl adjacent to an activating group) is 1. The summed E-state index contributed by atoms with van der Waals surface area (Å²) in [4.78, 5) is 20.6. The molecule has 4 heterocycles. The van der Waals surface area contributed by atoms with Crippen LogP contribution in [0.1, 0.15) is 37.1 Å². The maximum absolute atomic E-state index is 6.40. The van der Waals surface area contributed by atoms with Gasteiger partial charge in [0.25, 0.3) is 0 Å². The number of halogens is 1. The second-order valence-corrected chi connectivity index (χ2v) is 10.8. The maximum atomic E-state index is 6.40. The molecule has 0 bridgehead atoms. The Morgan fingerprint density at radius 1 is 1.11 bits per heavy atom. The Balaban J connectivity index is 1.40. The van der Waals surface area contributed by atoms with E-state index in [0.717, 1.165) is 62.0 Å². The number of fused-ring (bicyclic) bond motifs is 2. The Labute approximate surface area is 213 Å². The fourth-order valence-electron chi connectivity index (χ4n) is 5.06. The predicted octanol–water partition coefficient (Wildman–Crippen LogP) is 4.88. The van der Waals surface area contributed by atoms with Crippen molar-refractivity contribution in [2.24, 2.45) is 0 Å². The highest BCUT2D eigenvalue weighted by atomic mass is 35.5. The molecule has 0 unspecified atom stereocenters. The van der Waals surface area contributed by atoms with Gasteiger partial charge in [-0.25, -0.2) is 15.0 Å². The molecule has 35 heavy (non-hydrogen) atoms. The average molecular weight is 492 g/mol.